The number of allylic oxidation sites excluding steroid dienone is 2. The molecule has 1 aromatic carbocycles. The van der Waals surface area contributed by atoms with Gasteiger partial charge in [-0.25, -0.2) is 0 Å². The molecule has 0 spiro atoms. The van der Waals surface area contributed by atoms with E-state index in [1.54, 1.807) is 0 Å². The topological polar surface area (TPSA) is 76.0 Å². The van der Waals surface area contributed by atoms with Crippen LogP contribution < -0.4 is 0 Å². The summed E-state index contributed by atoms with van der Waals surface area (Å²) in [5, 5.41) is 20.7. The Morgan fingerprint density at radius 1 is 1.30 bits per heavy atom. The maximum absolute atomic E-state index is 13.2. The molecule has 5 heteroatoms. The molecule has 1 aliphatic heterocycles. The average molecular weight is 372 g/mol. The van der Waals surface area contributed by atoms with E-state index in [1.807, 2.05) is 37.3 Å². The number of benzene rings is 1. The zero-order valence-electron chi connectivity index (χ0n) is 15.9. The van der Waals surface area contributed by atoms with Crippen molar-refractivity contribution >= 4 is 5.78 Å². The summed E-state index contributed by atoms with van der Waals surface area (Å²) >= 11 is 0. The fraction of sp³-hybridized carbons (Fsp3) is 0.500. The monoisotopic (exact) mass is 372 g/mol. The predicted molar refractivity (Wildman–Crippen MR) is 102 cm³/mol. The highest BCUT2D eigenvalue weighted by molar-refractivity contribution is 5.88. The lowest BCUT2D eigenvalue weighted by Crippen LogP contribution is -2.53. The molecule has 0 amide bonds. The van der Waals surface area contributed by atoms with Crippen molar-refractivity contribution in [3.63, 3.8) is 0 Å². The largest absolute Gasteiger partial charge is 0.384 e. The quantitative estimate of drug-likeness (QED) is 0.751. The minimum Gasteiger partial charge on any atom is -0.384 e. The Bertz CT molecular complexity index is 725. The summed E-state index contributed by atoms with van der Waals surface area (Å²) in [6.45, 7) is 8.08. The minimum atomic E-state index is -1.49. The van der Waals surface area contributed by atoms with Crippen molar-refractivity contribution in [3.8, 4) is 0 Å². The molecule has 0 aromatic heterocycles. The average Bonchev–Trinajstić information content (AvgIpc) is 2.94. The second-order valence-corrected chi connectivity index (χ2v) is 7.59. The van der Waals surface area contributed by atoms with Gasteiger partial charge in [0.25, 0.3) is 0 Å². The van der Waals surface area contributed by atoms with Crippen LogP contribution in [-0.2, 0) is 20.9 Å². The lowest BCUT2D eigenvalue weighted by Gasteiger charge is -2.35. The van der Waals surface area contributed by atoms with Gasteiger partial charge in [-0.3, -0.25) is 4.79 Å². The van der Waals surface area contributed by atoms with Crippen LogP contribution >= 0.6 is 0 Å². The van der Waals surface area contributed by atoms with E-state index in [4.69, 9.17) is 9.47 Å². The van der Waals surface area contributed by atoms with Gasteiger partial charge in [0.2, 0.25) is 0 Å². The highest BCUT2D eigenvalue weighted by atomic mass is 16.7. The van der Waals surface area contributed by atoms with E-state index in [0.29, 0.717) is 6.42 Å². The number of carbonyl (C=O) groups excluding carboxylic acids is 1. The first-order valence-corrected chi connectivity index (χ1v) is 9.41. The van der Waals surface area contributed by atoms with Crippen LogP contribution in [0.5, 0.6) is 0 Å². The van der Waals surface area contributed by atoms with Gasteiger partial charge in [-0.05, 0) is 38.7 Å². The van der Waals surface area contributed by atoms with E-state index >= 15 is 0 Å². The molecule has 2 N–H and O–H groups in total. The number of aliphatic hydroxyl groups is 2. The lowest BCUT2D eigenvalue weighted by molar-refractivity contribution is -0.155. The van der Waals surface area contributed by atoms with E-state index in [2.05, 4.69) is 13.5 Å². The van der Waals surface area contributed by atoms with Gasteiger partial charge >= 0.3 is 0 Å². The van der Waals surface area contributed by atoms with E-state index in [1.165, 1.54) is 17.2 Å². The Kier molecular flexibility index (Phi) is 5.96. The Morgan fingerprint density at radius 2 is 2.00 bits per heavy atom. The molecule has 1 aromatic rings. The van der Waals surface area contributed by atoms with Crippen LogP contribution in [0, 0.1) is 5.92 Å². The summed E-state index contributed by atoms with van der Waals surface area (Å²) in [5.74, 6) is -0.360. The Hall–Kier alpha value is -1.79. The molecule has 0 radical (unpaired) electrons. The summed E-state index contributed by atoms with van der Waals surface area (Å²) in [6, 6.07) is 9.46. The Balaban J connectivity index is 1.83. The van der Waals surface area contributed by atoms with Crippen molar-refractivity contribution in [1.29, 1.82) is 0 Å². The van der Waals surface area contributed by atoms with E-state index in [0.717, 1.165) is 18.4 Å². The first-order valence-electron chi connectivity index (χ1n) is 9.41. The number of carbonyl (C=O) groups is 1. The van der Waals surface area contributed by atoms with Gasteiger partial charge in [0.05, 0.1) is 6.61 Å². The molecule has 3 rings (SSSR count). The van der Waals surface area contributed by atoms with Gasteiger partial charge in [-0.2, -0.15) is 0 Å². The summed E-state index contributed by atoms with van der Waals surface area (Å²) in [6.07, 6.45) is -0.283. The number of aliphatic hydroxyl groups excluding tert-OH is 2. The molecule has 2 aliphatic rings. The third-order valence-corrected chi connectivity index (χ3v) is 5.88. The van der Waals surface area contributed by atoms with Crippen LogP contribution in [0.4, 0.5) is 0 Å². The molecular weight excluding hydrogens is 344 g/mol. The van der Waals surface area contributed by atoms with Crippen molar-refractivity contribution in [3.05, 3.63) is 59.7 Å². The van der Waals surface area contributed by atoms with Crippen molar-refractivity contribution < 1.29 is 24.5 Å². The summed E-state index contributed by atoms with van der Waals surface area (Å²) in [7, 11) is 0. The van der Waals surface area contributed by atoms with Gasteiger partial charge in [0.1, 0.15) is 6.10 Å². The fourth-order valence-corrected chi connectivity index (χ4v) is 3.92. The van der Waals surface area contributed by atoms with Crippen LogP contribution in [0.15, 0.2) is 54.1 Å². The summed E-state index contributed by atoms with van der Waals surface area (Å²) in [4.78, 5) is 13.2. The molecule has 1 saturated heterocycles. The van der Waals surface area contributed by atoms with Gasteiger partial charge in [-0.1, -0.05) is 47.6 Å². The highest BCUT2D eigenvalue weighted by Gasteiger charge is 2.59. The summed E-state index contributed by atoms with van der Waals surface area (Å²) < 4.78 is 11.5. The maximum atomic E-state index is 13.2. The third kappa shape index (κ3) is 3.78. The van der Waals surface area contributed by atoms with E-state index < -0.39 is 24.1 Å². The van der Waals surface area contributed by atoms with Gasteiger partial charge in [0, 0.05) is 5.92 Å². The predicted octanol–water partition coefficient (Wildman–Crippen LogP) is 2.91. The van der Waals surface area contributed by atoms with Gasteiger partial charge in [0.15, 0.2) is 23.8 Å². The third-order valence-electron chi connectivity index (χ3n) is 5.88. The SMILES string of the molecule is C=C[C@@]1(OCc2ccccc2)[C@@H](C(=O)[C@H]2CCC(C)=C(C)C2)O[C@H](O)[C@@H]1O. The van der Waals surface area contributed by atoms with Crippen molar-refractivity contribution in [2.45, 2.75) is 63.8 Å². The molecule has 27 heavy (non-hydrogen) atoms. The molecule has 5 nitrogen and oxygen atoms in total. The number of ketones is 1. The maximum Gasteiger partial charge on any atom is 0.185 e. The Morgan fingerprint density at radius 3 is 2.63 bits per heavy atom. The first-order chi connectivity index (χ1) is 12.9. The zero-order chi connectivity index (χ0) is 19.6. The number of Topliss-reactive ketones (excluding diaryl/α,β-unsaturated/α-hetero) is 1. The number of rotatable bonds is 6. The number of ether oxygens (including phenoxy) is 2. The molecule has 1 fully saturated rings. The van der Waals surface area contributed by atoms with Gasteiger partial charge in [-0.15, -0.1) is 6.58 Å². The van der Waals surface area contributed by atoms with Crippen molar-refractivity contribution in [1.82, 2.24) is 0 Å². The number of hydrogen-bond acceptors (Lipinski definition) is 5. The summed E-state index contributed by atoms with van der Waals surface area (Å²) in [5.41, 5.74) is 1.96. The number of hydrogen-bond donors (Lipinski definition) is 2. The smallest absolute Gasteiger partial charge is 0.185 e. The second-order valence-electron chi connectivity index (χ2n) is 7.59. The normalized spacial score (nSPS) is 33.9. The van der Waals surface area contributed by atoms with Crippen LogP contribution in [-0.4, -0.2) is 40.1 Å². The molecule has 5 atom stereocenters. The molecule has 0 unspecified atom stereocenters. The van der Waals surface area contributed by atoms with Crippen LogP contribution in [0.3, 0.4) is 0 Å². The van der Waals surface area contributed by atoms with Crippen molar-refractivity contribution in [2.75, 3.05) is 0 Å². The standard InChI is InChI=1S/C22H28O5/c1-4-22(26-13-16-8-6-5-7-9-16)19(24)21(25)27-20(22)18(23)17-11-10-14(2)15(3)12-17/h4-9,17,19-21,24-25H,1,10-13H2,2-3H3/t17-,19-,20+,21-,22-/m0/s1. The first kappa shape index (κ1) is 20.0. The van der Waals surface area contributed by atoms with Crippen LogP contribution in [0.25, 0.3) is 0 Å². The van der Waals surface area contributed by atoms with Crippen LogP contribution in [0.2, 0.25) is 0 Å². The zero-order valence-corrected chi connectivity index (χ0v) is 15.9. The molecule has 0 bridgehead atoms. The van der Waals surface area contributed by atoms with Crippen LogP contribution in [0.1, 0.15) is 38.7 Å². The lowest BCUT2D eigenvalue weighted by atomic mass is 9.77. The fourth-order valence-electron chi connectivity index (χ4n) is 3.92. The molecule has 1 aliphatic carbocycles. The highest BCUT2D eigenvalue weighted by Crippen LogP contribution is 2.40. The van der Waals surface area contributed by atoms with E-state index in [-0.39, 0.29) is 18.3 Å². The van der Waals surface area contributed by atoms with Gasteiger partial charge < -0.3 is 19.7 Å². The molecular formula is C22H28O5. The second kappa shape index (κ2) is 8.07. The molecule has 1 heterocycles. The van der Waals surface area contributed by atoms with Crippen molar-refractivity contribution in [2.24, 2.45) is 5.92 Å². The molecule has 146 valence electrons. The molecule has 0 saturated carbocycles. The van der Waals surface area contributed by atoms with E-state index in [9.17, 15) is 15.0 Å². The Labute approximate surface area is 160 Å². The minimum absolute atomic E-state index is 0.148.